The van der Waals surface area contributed by atoms with Gasteiger partial charge in [-0.3, -0.25) is 4.79 Å². The van der Waals surface area contributed by atoms with E-state index in [1.165, 1.54) is 17.5 Å². The molecule has 1 aliphatic rings. The zero-order valence-electron chi connectivity index (χ0n) is 10.3. The standard InChI is InChI=1S/C11H16N6O/c1-16-10-9(7-13-16)11(18)17(15-14-10)6-2-5-12-8-3-4-8/h7-8,12H,2-6H2,1H3. The molecule has 0 aromatic carbocycles. The SMILES string of the molecule is Cn1ncc2c(=O)n(CCCNC3CC3)nnc21. The highest BCUT2D eigenvalue weighted by Gasteiger charge is 2.19. The number of rotatable bonds is 5. The van der Waals surface area contributed by atoms with Crippen molar-refractivity contribution in [3.8, 4) is 0 Å². The van der Waals surface area contributed by atoms with Gasteiger partial charge in [0.05, 0.1) is 6.20 Å². The quantitative estimate of drug-likeness (QED) is 0.733. The predicted octanol–water partition coefficient (Wildman–Crippen LogP) is -0.333. The monoisotopic (exact) mass is 248 g/mol. The molecule has 1 N–H and O–H groups in total. The number of nitrogens with zero attached hydrogens (tertiary/aromatic N) is 5. The van der Waals surface area contributed by atoms with E-state index in [9.17, 15) is 4.79 Å². The van der Waals surface area contributed by atoms with Crippen molar-refractivity contribution in [3.05, 3.63) is 16.6 Å². The highest BCUT2D eigenvalue weighted by atomic mass is 16.1. The first-order chi connectivity index (χ1) is 8.75. The number of hydrogen-bond acceptors (Lipinski definition) is 5. The summed E-state index contributed by atoms with van der Waals surface area (Å²) < 4.78 is 2.97. The second-order valence-corrected chi connectivity index (χ2v) is 4.71. The summed E-state index contributed by atoms with van der Waals surface area (Å²) in [6, 6.07) is 0.702. The molecule has 0 spiro atoms. The van der Waals surface area contributed by atoms with Crippen molar-refractivity contribution < 1.29 is 0 Å². The van der Waals surface area contributed by atoms with Crippen LogP contribution in [0, 0.1) is 0 Å². The minimum atomic E-state index is -0.112. The lowest BCUT2D eigenvalue weighted by atomic mass is 10.4. The number of nitrogens with one attached hydrogen (secondary N) is 1. The van der Waals surface area contributed by atoms with Gasteiger partial charge < -0.3 is 5.32 Å². The van der Waals surface area contributed by atoms with Gasteiger partial charge in [-0.05, 0) is 25.8 Å². The van der Waals surface area contributed by atoms with Crippen molar-refractivity contribution in [2.24, 2.45) is 7.05 Å². The van der Waals surface area contributed by atoms with E-state index in [-0.39, 0.29) is 5.56 Å². The molecule has 3 rings (SSSR count). The van der Waals surface area contributed by atoms with Crippen LogP contribution in [0.25, 0.3) is 11.0 Å². The lowest BCUT2D eigenvalue weighted by Crippen LogP contribution is -2.26. The molecular formula is C11H16N6O. The molecule has 1 aliphatic carbocycles. The molecular weight excluding hydrogens is 232 g/mol. The minimum Gasteiger partial charge on any atom is -0.314 e. The van der Waals surface area contributed by atoms with E-state index in [2.05, 4.69) is 20.7 Å². The molecule has 2 aromatic rings. The normalized spacial score (nSPS) is 15.4. The topological polar surface area (TPSA) is 77.6 Å². The van der Waals surface area contributed by atoms with Gasteiger partial charge in [0.15, 0.2) is 5.65 Å². The maximum Gasteiger partial charge on any atom is 0.280 e. The van der Waals surface area contributed by atoms with Crippen molar-refractivity contribution in [3.63, 3.8) is 0 Å². The molecule has 0 saturated heterocycles. The van der Waals surface area contributed by atoms with E-state index in [0.29, 0.717) is 23.6 Å². The molecule has 0 amide bonds. The highest BCUT2D eigenvalue weighted by Crippen LogP contribution is 2.18. The summed E-state index contributed by atoms with van der Waals surface area (Å²) >= 11 is 0. The first-order valence-electron chi connectivity index (χ1n) is 6.24. The Hall–Kier alpha value is -1.76. The van der Waals surface area contributed by atoms with Crippen LogP contribution in [-0.4, -0.2) is 37.4 Å². The molecule has 2 heterocycles. The summed E-state index contributed by atoms with van der Waals surface area (Å²) in [4.78, 5) is 12.1. The largest absolute Gasteiger partial charge is 0.314 e. The van der Waals surface area contributed by atoms with Crippen molar-refractivity contribution in [2.75, 3.05) is 6.54 Å². The van der Waals surface area contributed by atoms with Gasteiger partial charge in [0, 0.05) is 19.6 Å². The van der Waals surface area contributed by atoms with Crippen LogP contribution in [0.5, 0.6) is 0 Å². The molecule has 0 aliphatic heterocycles. The van der Waals surface area contributed by atoms with E-state index in [4.69, 9.17) is 0 Å². The van der Waals surface area contributed by atoms with E-state index in [0.717, 1.165) is 13.0 Å². The van der Waals surface area contributed by atoms with Crippen molar-refractivity contribution in [1.82, 2.24) is 30.1 Å². The van der Waals surface area contributed by atoms with Gasteiger partial charge in [0.25, 0.3) is 5.56 Å². The third-order valence-corrected chi connectivity index (χ3v) is 3.18. The summed E-state index contributed by atoms with van der Waals surface area (Å²) in [5.74, 6) is 0. The fourth-order valence-electron chi connectivity index (χ4n) is 1.95. The molecule has 7 nitrogen and oxygen atoms in total. The Labute approximate surface area is 104 Å². The first kappa shape index (κ1) is 11.3. The Bertz CT molecular complexity index is 612. The Morgan fingerprint density at radius 3 is 3.11 bits per heavy atom. The first-order valence-corrected chi connectivity index (χ1v) is 6.24. The van der Waals surface area contributed by atoms with Gasteiger partial charge in [0.2, 0.25) is 0 Å². The van der Waals surface area contributed by atoms with E-state index >= 15 is 0 Å². The van der Waals surface area contributed by atoms with Crippen molar-refractivity contribution >= 4 is 11.0 Å². The molecule has 1 saturated carbocycles. The van der Waals surface area contributed by atoms with E-state index in [1.807, 2.05) is 0 Å². The smallest absolute Gasteiger partial charge is 0.280 e. The molecule has 0 bridgehead atoms. The lowest BCUT2D eigenvalue weighted by Gasteiger charge is -2.04. The second-order valence-electron chi connectivity index (χ2n) is 4.71. The van der Waals surface area contributed by atoms with Gasteiger partial charge in [-0.25, -0.2) is 9.36 Å². The van der Waals surface area contributed by atoms with Gasteiger partial charge in [-0.1, -0.05) is 5.21 Å². The average molecular weight is 248 g/mol. The van der Waals surface area contributed by atoms with Crippen LogP contribution in [0.3, 0.4) is 0 Å². The Morgan fingerprint density at radius 1 is 1.50 bits per heavy atom. The number of aryl methyl sites for hydroxylation is 2. The van der Waals surface area contributed by atoms with Crippen molar-refractivity contribution in [2.45, 2.75) is 31.8 Å². The molecule has 96 valence electrons. The van der Waals surface area contributed by atoms with Crippen LogP contribution < -0.4 is 10.9 Å². The Morgan fingerprint density at radius 2 is 2.33 bits per heavy atom. The molecule has 2 aromatic heterocycles. The molecule has 1 fully saturated rings. The predicted molar refractivity (Wildman–Crippen MR) is 66.2 cm³/mol. The maximum atomic E-state index is 12.1. The number of fused-ring (bicyclic) bond motifs is 1. The van der Waals surface area contributed by atoms with Gasteiger partial charge in [-0.2, -0.15) is 5.10 Å². The minimum absolute atomic E-state index is 0.112. The summed E-state index contributed by atoms with van der Waals surface area (Å²) in [6.45, 7) is 1.51. The fourth-order valence-corrected chi connectivity index (χ4v) is 1.95. The molecule has 0 unspecified atom stereocenters. The third kappa shape index (κ3) is 2.13. The van der Waals surface area contributed by atoms with Crippen LogP contribution in [0.1, 0.15) is 19.3 Å². The lowest BCUT2D eigenvalue weighted by molar-refractivity contribution is 0.502. The fraction of sp³-hybridized carbons (Fsp3) is 0.636. The summed E-state index contributed by atoms with van der Waals surface area (Å²) in [7, 11) is 1.75. The van der Waals surface area contributed by atoms with Gasteiger partial charge >= 0.3 is 0 Å². The molecule has 0 atom stereocenters. The summed E-state index contributed by atoms with van der Waals surface area (Å²) in [6.07, 6.45) is 4.99. The number of hydrogen-bond donors (Lipinski definition) is 1. The van der Waals surface area contributed by atoms with Crippen LogP contribution in [0.2, 0.25) is 0 Å². The van der Waals surface area contributed by atoms with Crippen LogP contribution in [-0.2, 0) is 13.6 Å². The Balaban J connectivity index is 1.71. The van der Waals surface area contributed by atoms with Gasteiger partial charge in [0.1, 0.15) is 5.39 Å². The summed E-state index contributed by atoms with van der Waals surface area (Å²) in [5, 5.41) is 15.9. The van der Waals surface area contributed by atoms with Crippen LogP contribution in [0.15, 0.2) is 11.0 Å². The molecule has 0 radical (unpaired) electrons. The van der Waals surface area contributed by atoms with E-state index in [1.54, 1.807) is 17.9 Å². The van der Waals surface area contributed by atoms with Crippen molar-refractivity contribution in [1.29, 1.82) is 0 Å². The summed E-state index contributed by atoms with van der Waals surface area (Å²) in [5.41, 5.74) is 0.423. The second kappa shape index (κ2) is 4.49. The zero-order valence-corrected chi connectivity index (χ0v) is 10.3. The van der Waals surface area contributed by atoms with Crippen LogP contribution >= 0.6 is 0 Å². The number of aromatic nitrogens is 5. The zero-order chi connectivity index (χ0) is 12.5. The van der Waals surface area contributed by atoms with Crippen LogP contribution in [0.4, 0.5) is 0 Å². The van der Waals surface area contributed by atoms with E-state index < -0.39 is 0 Å². The average Bonchev–Trinajstić information content (AvgIpc) is 3.11. The third-order valence-electron chi connectivity index (χ3n) is 3.18. The Kier molecular flexibility index (Phi) is 2.83. The van der Waals surface area contributed by atoms with Gasteiger partial charge in [-0.15, -0.1) is 5.10 Å². The molecule has 7 heteroatoms. The maximum absolute atomic E-state index is 12.1. The molecule has 18 heavy (non-hydrogen) atoms. The highest BCUT2D eigenvalue weighted by molar-refractivity contribution is 5.72.